The molecule has 126 valence electrons. The Kier molecular flexibility index (Phi) is 4.39. The van der Waals surface area contributed by atoms with Crippen molar-refractivity contribution < 1.29 is 28.2 Å². The second-order valence-corrected chi connectivity index (χ2v) is 8.03. The molecule has 0 heterocycles. The van der Waals surface area contributed by atoms with Crippen molar-refractivity contribution in [1.82, 2.24) is 5.32 Å². The molecule has 0 aliphatic heterocycles. The van der Waals surface area contributed by atoms with Crippen LogP contribution in [0.3, 0.4) is 0 Å². The second kappa shape index (κ2) is 5.89. The number of nitrogens with one attached hydrogen (secondary N) is 1. The molecule has 1 amide bonds. The van der Waals surface area contributed by atoms with Crippen LogP contribution in [0.25, 0.3) is 0 Å². The van der Waals surface area contributed by atoms with Crippen molar-refractivity contribution in [2.75, 3.05) is 0 Å². The molecule has 4 aliphatic carbocycles. The molecule has 4 saturated carbocycles. The summed E-state index contributed by atoms with van der Waals surface area (Å²) in [5, 5.41) is 11.1. The van der Waals surface area contributed by atoms with Crippen LogP contribution in [0.4, 0.5) is 8.78 Å². The fourth-order valence-corrected chi connectivity index (χ4v) is 5.48. The number of amides is 1. The van der Waals surface area contributed by atoms with E-state index >= 15 is 0 Å². The van der Waals surface area contributed by atoms with Gasteiger partial charge in [0.05, 0.1) is 0 Å². The van der Waals surface area contributed by atoms with Gasteiger partial charge < -0.3 is 10.6 Å². The van der Waals surface area contributed by atoms with Crippen LogP contribution in [0.5, 0.6) is 0 Å². The second-order valence-electron chi connectivity index (χ2n) is 7.21. The first-order valence-corrected chi connectivity index (χ1v) is 8.42. The molecular formula is C14H20F2NO4S-. The molecule has 5 nitrogen and oxygen atoms in total. The summed E-state index contributed by atoms with van der Waals surface area (Å²) in [4.78, 5) is 11.8. The smallest absolute Gasteiger partial charge is 0.397 e. The number of halogens is 2. The first-order valence-electron chi connectivity index (χ1n) is 7.68. The zero-order valence-electron chi connectivity index (χ0n) is 12.3. The lowest BCUT2D eigenvalue weighted by atomic mass is 9.48. The predicted molar refractivity (Wildman–Crippen MR) is 72.9 cm³/mol. The van der Waals surface area contributed by atoms with Crippen molar-refractivity contribution in [3.8, 4) is 0 Å². The minimum atomic E-state index is -3.85. The van der Waals surface area contributed by atoms with Crippen LogP contribution in [0, 0.1) is 23.2 Å². The molecule has 1 unspecified atom stereocenters. The van der Waals surface area contributed by atoms with Gasteiger partial charge in [0.2, 0.25) is 0 Å². The molecule has 22 heavy (non-hydrogen) atoms. The van der Waals surface area contributed by atoms with E-state index in [1.165, 1.54) is 19.3 Å². The number of carbonyl (C=O) groups is 1. The lowest BCUT2D eigenvalue weighted by Gasteiger charge is -2.59. The van der Waals surface area contributed by atoms with Crippen LogP contribution < -0.4 is 10.6 Å². The highest BCUT2D eigenvalue weighted by Crippen LogP contribution is 2.61. The Balaban J connectivity index is 1.64. The molecule has 0 spiro atoms. The standard InChI is InChI=1S/C14H21F2NO4S/c1-8(17-12(18)14(15,16)22-21-20-19)13-5-9-2-10(6-13)4-11(3-9)7-13/h8-11,19H,2-7H2,1H3,(H,17,18)/p-1. The summed E-state index contributed by atoms with van der Waals surface area (Å²) < 4.78 is 30.7. The van der Waals surface area contributed by atoms with E-state index in [9.17, 15) is 18.8 Å². The molecule has 1 N–H and O–H groups in total. The maximum atomic E-state index is 13.5. The predicted octanol–water partition coefficient (Wildman–Crippen LogP) is 2.17. The van der Waals surface area contributed by atoms with Gasteiger partial charge in [-0.1, -0.05) is 0 Å². The third kappa shape index (κ3) is 2.98. The molecule has 0 saturated heterocycles. The van der Waals surface area contributed by atoms with Crippen LogP contribution >= 0.6 is 12.0 Å². The van der Waals surface area contributed by atoms with Crippen LogP contribution in [0.1, 0.15) is 45.4 Å². The Morgan fingerprint density at radius 3 is 2.23 bits per heavy atom. The molecule has 0 radical (unpaired) electrons. The molecule has 8 heteroatoms. The van der Waals surface area contributed by atoms with Gasteiger partial charge in [-0.2, -0.15) is 13.1 Å². The molecule has 4 rings (SSSR count). The zero-order chi connectivity index (χ0) is 16.0. The van der Waals surface area contributed by atoms with Crippen molar-refractivity contribution in [2.45, 2.75) is 56.7 Å². The molecule has 4 bridgehead atoms. The van der Waals surface area contributed by atoms with E-state index in [2.05, 4.69) is 14.7 Å². The van der Waals surface area contributed by atoms with Crippen molar-refractivity contribution in [1.29, 1.82) is 0 Å². The topological polar surface area (TPSA) is 70.6 Å². The summed E-state index contributed by atoms with van der Waals surface area (Å²) in [5.74, 6) is 0.603. The monoisotopic (exact) mass is 336 g/mol. The largest absolute Gasteiger partial charge is 0.691 e. The number of carbonyl (C=O) groups excluding carboxylic acids is 1. The summed E-state index contributed by atoms with van der Waals surface area (Å²) in [6.07, 6.45) is 6.79. The fraction of sp³-hybridized carbons (Fsp3) is 0.929. The maximum absolute atomic E-state index is 13.5. The third-order valence-corrected chi connectivity index (χ3v) is 6.30. The lowest BCUT2D eigenvalue weighted by Crippen LogP contribution is -2.57. The molecule has 4 aliphatic rings. The first kappa shape index (κ1) is 16.4. The first-order chi connectivity index (χ1) is 10.3. The molecular weight excluding hydrogens is 316 g/mol. The van der Waals surface area contributed by atoms with Gasteiger partial charge in [0.15, 0.2) is 0 Å². The van der Waals surface area contributed by atoms with Gasteiger partial charge in [-0.05, 0) is 68.6 Å². The maximum Gasteiger partial charge on any atom is 0.397 e. The van der Waals surface area contributed by atoms with Gasteiger partial charge in [0.1, 0.15) is 12.0 Å². The zero-order valence-corrected chi connectivity index (χ0v) is 13.2. The summed E-state index contributed by atoms with van der Waals surface area (Å²) in [7, 11) is 0. The van der Waals surface area contributed by atoms with Crippen molar-refractivity contribution >= 4 is 17.9 Å². The Hall–Kier alpha value is -0.440. The van der Waals surface area contributed by atoms with Crippen molar-refractivity contribution in [3.05, 3.63) is 0 Å². The summed E-state index contributed by atoms with van der Waals surface area (Å²) >= 11 is -0.574. The van der Waals surface area contributed by atoms with E-state index < -0.39 is 23.2 Å². The number of hydrogen-bond donors (Lipinski definition) is 1. The van der Waals surface area contributed by atoms with E-state index in [1.54, 1.807) is 0 Å². The highest BCUT2D eigenvalue weighted by atomic mass is 32.2. The SMILES string of the molecule is CC(NC(=O)C(F)(F)SOO[O-])C12CC3CC(CC(C3)C1)C2. The quantitative estimate of drug-likeness (QED) is 0.457. The highest BCUT2D eigenvalue weighted by molar-refractivity contribution is 7.96. The minimum absolute atomic E-state index is 0.0545. The van der Waals surface area contributed by atoms with Gasteiger partial charge >= 0.3 is 11.2 Å². The van der Waals surface area contributed by atoms with Crippen molar-refractivity contribution in [2.24, 2.45) is 23.2 Å². The van der Waals surface area contributed by atoms with Gasteiger partial charge in [0.25, 0.3) is 0 Å². The van der Waals surface area contributed by atoms with Gasteiger partial charge in [-0.15, -0.1) is 0 Å². The van der Waals surface area contributed by atoms with E-state index in [1.807, 2.05) is 6.92 Å². The van der Waals surface area contributed by atoms with Crippen LogP contribution in [-0.2, 0) is 14.2 Å². The third-order valence-electron chi connectivity index (χ3n) is 5.78. The molecule has 0 aromatic rings. The Morgan fingerprint density at radius 1 is 1.27 bits per heavy atom. The summed E-state index contributed by atoms with van der Waals surface area (Å²) in [5.41, 5.74) is -0.0545. The Bertz CT molecular complexity index is 413. The van der Waals surface area contributed by atoms with E-state index in [4.69, 9.17) is 0 Å². The summed E-state index contributed by atoms with van der Waals surface area (Å²) in [6.45, 7) is 1.82. The summed E-state index contributed by atoms with van der Waals surface area (Å²) in [6, 6.07) is -0.312. The average molecular weight is 336 g/mol. The number of rotatable bonds is 6. The highest BCUT2D eigenvalue weighted by Gasteiger charge is 2.54. The Labute approximate surface area is 132 Å². The van der Waals surface area contributed by atoms with E-state index in [0.717, 1.165) is 19.3 Å². The van der Waals surface area contributed by atoms with Gasteiger partial charge in [-0.25, -0.2) is 0 Å². The van der Waals surface area contributed by atoms with Crippen LogP contribution in [0.2, 0.25) is 0 Å². The van der Waals surface area contributed by atoms with Gasteiger partial charge in [0, 0.05) is 6.04 Å². The molecule has 4 fully saturated rings. The van der Waals surface area contributed by atoms with Crippen LogP contribution in [-0.4, -0.2) is 17.2 Å². The number of alkyl halides is 2. The molecule has 0 aromatic carbocycles. The average Bonchev–Trinajstić information content (AvgIpc) is 2.43. The molecule has 1 atom stereocenters. The molecule has 0 aromatic heterocycles. The lowest BCUT2D eigenvalue weighted by molar-refractivity contribution is -0.777. The fourth-order valence-electron chi connectivity index (χ4n) is 5.24. The van der Waals surface area contributed by atoms with E-state index in [0.29, 0.717) is 17.8 Å². The minimum Gasteiger partial charge on any atom is -0.691 e. The van der Waals surface area contributed by atoms with Crippen molar-refractivity contribution in [3.63, 3.8) is 0 Å². The Morgan fingerprint density at radius 2 is 1.77 bits per heavy atom. The normalized spacial score (nSPS) is 38.1. The van der Waals surface area contributed by atoms with Gasteiger partial charge in [-0.3, -0.25) is 9.83 Å². The number of hydrogen-bond acceptors (Lipinski definition) is 5. The van der Waals surface area contributed by atoms with Crippen LogP contribution in [0.15, 0.2) is 0 Å². The van der Waals surface area contributed by atoms with E-state index in [-0.39, 0.29) is 11.5 Å².